The molecular formula is C20H32N8. The van der Waals surface area contributed by atoms with Crippen LogP contribution in [0.5, 0.6) is 0 Å². The van der Waals surface area contributed by atoms with Gasteiger partial charge in [0.25, 0.3) is 0 Å². The van der Waals surface area contributed by atoms with Crippen LogP contribution in [0.3, 0.4) is 0 Å². The Morgan fingerprint density at radius 2 is 1.96 bits per heavy atom. The summed E-state index contributed by atoms with van der Waals surface area (Å²) in [6, 6.07) is 6.09. The van der Waals surface area contributed by atoms with Gasteiger partial charge in [-0.25, -0.2) is 0 Å². The summed E-state index contributed by atoms with van der Waals surface area (Å²) in [7, 11) is 2.01. The molecule has 5 N–H and O–H groups in total. The molecule has 1 atom stereocenters. The average Bonchev–Trinajstić information content (AvgIpc) is 3.09. The highest BCUT2D eigenvalue weighted by atomic mass is 15.3. The minimum atomic E-state index is 0.127. The predicted molar refractivity (Wildman–Crippen MR) is 116 cm³/mol. The first-order valence-corrected chi connectivity index (χ1v) is 9.77. The number of nitrogens with two attached hydrogens (primary N) is 1. The van der Waals surface area contributed by atoms with Gasteiger partial charge < -0.3 is 26.6 Å². The number of hydrogen-bond acceptors (Lipinski definition) is 8. The molecular weight excluding hydrogens is 352 g/mol. The Balaban J connectivity index is 1.90. The first-order chi connectivity index (χ1) is 13.2. The largest absolute Gasteiger partial charge is 0.399 e. The van der Waals surface area contributed by atoms with Crippen LogP contribution in [0.15, 0.2) is 18.2 Å². The number of hydrogen-bond donors (Lipinski definition) is 4. The number of nitrogen functional groups attached to an aromatic ring is 1. The van der Waals surface area contributed by atoms with E-state index < -0.39 is 0 Å². The lowest BCUT2D eigenvalue weighted by molar-refractivity contribution is 0.416. The molecule has 0 amide bonds. The van der Waals surface area contributed by atoms with Gasteiger partial charge in [0, 0.05) is 37.6 Å². The van der Waals surface area contributed by atoms with Crippen LogP contribution >= 0.6 is 0 Å². The van der Waals surface area contributed by atoms with Crippen LogP contribution in [0.2, 0.25) is 0 Å². The Morgan fingerprint density at radius 1 is 1.21 bits per heavy atom. The lowest BCUT2D eigenvalue weighted by Gasteiger charge is -2.27. The van der Waals surface area contributed by atoms with Crippen molar-refractivity contribution in [3.63, 3.8) is 0 Å². The van der Waals surface area contributed by atoms with E-state index in [0.717, 1.165) is 37.3 Å². The number of aryl methyl sites for hydroxylation is 1. The molecule has 0 saturated carbocycles. The molecule has 8 heteroatoms. The third-order valence-electron chi connectivity index (χ3n) is 4.58. The standard InChI is InChI=1S/C20H32N8/c1-13-6-7-14(21)10-16(13)24-18-25-17(23-15-8-9-22-11-15)26-19(27-18)28(5)12-20(2,3)4/h6-7,10,15,22H,8-9,11-12,21H2,1-5H3,(H2,23,24,25,26,27)/t15-/m0/s1. The zero-order valence-electron chi connectivity index (χ0n) is 17.5. The Bertz CT molecular complexity index is 808. The van der Waals surface area contributed by atoms with Crippen LogP contribution in [0, 0.1) is 12.3 Å². The van der Waals surface area contributed by atoms with Crippen molar-refractivity contribution in [2.24, 2.45) is 5.41 Å². The molecule has 0 bridgehead atoms. The van der Waals surface area contributed by atoms with E-state index in [2.05, 4.69) is 56.6 Å². The van der Waals surface area contributed by atoms with E-state index in [9.17, 15) is 0 Å². The van der Waals surface area contributed by atoms with Crippen molar-refractivity contribution in [1.82, 2.24) is 20.3 Å². The lowest BCUT2D eigenvalue weighted by atomic mass is 9.96. The zero-order valence-corrected chi connectivity index (χ0v) is 17.5. The maximum absolute atomic E-state index is 5.95. The highest BCUT2D eigenvalue weighted by Gasteiger charge is 2.20. The van der Waals surface area contributed by atoms with E-state index in [1.165, 1.54) is 0 Å². The Labute approximate surface area is 167 Å². The van der Waals surface area contributed by atoms with Crippen LogP contribution in [0.4, 0.5) is 29.2 Å². The second-order valence-corrected chi connectivity index (χ2v) is 8.73. The van der Waals surface area contributed by atoms with E-state index in [-0.39, 0.29) is 5.41 Å². The van der Waals surface area contributed by atoms with Gasteiger partial charge in [-0.05, 0) is 43.0 Å². The van der Waals surface area contributed by atoms with Gasteiger partial charge in [-0.2, -0.15) is 15.0 Å². The molecule has 1 saturated heterocycles. The normalized spacial score (nSPS) is 16.8. The number of anilines is 5. The van der Waals surface area contributed by atoms with Gasteiger partial charge in [-0.15, -0.1) is 0 Å². The number of benzene rings is 1. The fourth-order valence-electron chi connectivity index (χ4n) is 3.29. The second kappa shape index (κ2) is 8.18. The predicted octanol–water partition coefficient (Wildman–Crippen LogP) is 2.76. The molecule has 0 spiro atoms. The molecule has 0 unspecified atom stereocenters. The van der Waals surface area contributed by atoms with E-state index in [4.69, 9.17) is 5.73 Å². The maximum Gasteiger partial charge on any atom is 0.233 e. The van der Waals surface area contributed by atoms with Crippen molar-refractivity contribution in [1.29, 1.82) is 0 Å². The van der Waals surface area contributed by atoms with Crippen molar-refractivity contribution in [2.45, 2.75) is 40.2 Å². The monoisotopic (exact) mass is 384 g/mol. The Morgan fingerprint density at radius 3 is 2.64 bits per heavy atom. The Kier molecular flexibility index (Phi) is 5.88. The molecule has 0 aliphatic carbocycles. The maximum atomic E-state index is 5.95. The van der Waals surface area contributed by atoms with Crippen molar-refractivity contribution in [3.8, 4) is 0 Å². The molecule has 1 aromatic heterocycles. The van der Waals surface area contributed by atoms with Gasteiger partial charge in [0.05, 0.1) is 0 Å². The first kappa shape index (κ1) is 20.1. The Hall–Kier alpha value is -2.61. The van der Waals surface area contributed by atoms with Crippen LogP contribution in [-0.2, 0) is 0 Å². The molecule has 2 heterocycles. The molecule has 3 rings (SSSR count). The molecule has 1 fully saturated rings. The molecule has 152 valence electrons. The summed E-state index contributed by atoms with van der Waals surface area (Å²) in [5, 5.41) is 10.1. The van der Waals surface area contributed by atoms with Crippen molar-refractivity contribution in [3.05, 3.63) is 23.8 Å². The zero-order chi connectivity index (χ0) is 20.3. The van der Waals surface area contributed by atoms with Crippen LogP contribution < -0.4 is 26.6 Å². The van der Waals surface area contributed by atoms with E-state index in [0.29, 0.717) is 29.6 Å². The van der Waals surface area contributed by atoms with Crippen molar-refractivity contribution < 1.29 is 0 Å². The topological polar surface area (TPSA) is 104 Å². The van der Waals surface area contributed by atoms with Gasteiger partial charge >= 0.3 is 0 Å². The minimum Gasteiger partial charge on any atom is -0.399 e. The summed E-state index contributed by atoms with van der Waals surface area (Å²) < 4.78 is 0. The van der Waals surface area contributed by atoms with Crippen LogP contribution in [0.1, 0.15) is 32.8 Å². The van der Waals surface area contributed by atoms with Gasteiger partial charge in [0.1, 0.15) is 0 Å². The molecule has 2 aromatic rings. The number of aromatic nitrogens is 3. The fourth-order valence-corrected chi connectivity index (χ4v) is 3.29. The van der Waals surface area contributed by atoms with Gasteiger partial charge in [-0.3, -0.25) is 0 Å². The van der Waals surface area contributed by atoms with Crippen LogP contribution in [-0.4, -0.2) is 47.7 Å². The smallest absolute Gasteiger partial charge is 0.233 e. The fraction of sp³-hybridized carbons (Fsp3) is 0.550. The summed E-state index contributed by atoms with van der Waals surface area (Å²) in [6.45, 7) is 11.4. The molecule has 28 heavy (non-hydrogen) atoms. The molecule has 8 nitrogen and oxygen atoms in total. The minimum absolute atomic E-state index is 0.127. The average molecular weight is 385 g/mol. The number of nitrogens with one attached hydrogen (secondary N) is 3. The quantitative estimate of drug-likeness (QED) is 0.564. The van der Waals surface area contributed by atoms with Gasteiger partial charge in [0.15, 0.2) is 0 Å². The van der Waals surface area contributed by atoms with E-state index in [1.807, 2.05) is 32.2 Å². The summed E-state index contributed by atoms with van der Waals surface area (Å²) >= 11 is 0. The molecule has 1 aromatic carbocycles. The highest BCUT2D eigenvalue weighted by molar-refractivity contribution is 5.64. The van der Waals surface area contributed by atoms with E-state index in [1.54, 1.807) is 0 Å². The van der Waals surface area contributed by atoms with Crippen molar-refractivity contribution >= 4 is 29.2 Å². The third-order valence-corrected chi connectivity index (χ3v) is 4.58. The summed E-state index contributed by atoms with van der Waals surface area (Å²) in [5.41, 5.74) is 8.74. The number of nitrogens with zero attached hydrogens (tertiary/aromatic N) is 4. The first-order valence-electron chi connectivity index (χ1n) is 9.77. The SMILES string of the molecule is Cc1ccc(N)cc1Nc1nc(N[C@H]2CCNC2)nc(N(C)CC(C)(C)C)n1. The summed E-state index contributed by atoms with van der Waals surface area (Å²) in [5.74, 6) is 1.74. The highest BCUT2D eigenvalue weighted by Crippen LogP contribution is 2.24. The molecule has 1 aliphatic heterocycles. The summed E-state index contributed by atoms with van der Waals surface area (Å²) in [6.07, 6.45) is 1.05. The van der Waals surface area contributed by atoms with E-state index >= 15 is 0 Å². The van der Waals surface area contributed by atoms with Gasteiger partial charge in [-0.1, -0.05) is 26.8 Å². The summed E-state index contributed by atoms with van der Waals surface area (Å²) in [4.78, 5) is 16.0. The molecule has 1 aliphatic rings. The second-order valence-electron chi connectivity index (χ2n) is 8.73. The number of rotatable bonds is 6. The van der Waals surface area contributed by atoms with Gasteiger partial charge in [0.2, 0.25) is 17.8 Å². The lowest BCUT2D eigenvalue weighted by Crippen LogP contribution is -2.31. The van der Waals surface area contributed by atoms with Crippen LogP contribution in [0.25, 0.3) is 0 Å². The van der Waals surface area contributed by atoms with Crippen molar-refractivity contribution in [2.75, 3.05) is 47.9 Å². The molecule has 0 radical (unpaired) electrons. The third kappa shape index (κ3) is 5.45.